The molecule has 0 aromatic heterocycles. The van der Waals surface area contributed by atoms with Crippen LogP contribution in [0.25, 0.3) is 0 Å². The van der Waals surface area contributed by atoms with E-state index in [0.717, 1.165) is 0 Å². The van der Waals surface area contributed by atoms with Crippen LogP contribution in [0.5, 0.6) is 5.75 Å². The lowest BCUT2D eigenvalue weighted by molar-refractivity contribution is 0.0945. The van der Waals surface area contributed by atoms with Crippen LogP contribution in [0, 0.1) is 0 Å². The van der Waals surface area contributed by atoms with Crippen molar-refractivity contribution in [2.75, 3.05) is 6.54 Å². The first-order valence-corrected chi connectivity index (χ1v) is 5.33. The second kappa shape index (κ2) is 5.72. The predicted molar refractivity (Wildman–Crippen MR) is 61.7 cm³/mol. The van der Waals surface area contributed by atoms with Crippen LogP contribution in [0.15, 0.2) is 18.2 Å². The largest absolute Gasteiger partial charge is 0.506 e. The van der Waals surface area contributed by atoms with Gasteiger partial charge in [-0.2, -0.15) is 0 Å². The molecular formula is C11H14ClNO3. The lowest BCUT2D eigenvalue weighted by Crippen LogP contribution is -2.26. The Kier molecular flexibility index (Phi) is 4.58. The van der Waals surface area contributed by atoms with Crippen LogP contribution in [0.4, 0.5) is 0 Å². The second-order valence-corrected chi connectivity index (χ2v) is 3.97. The highest BCUT2D eigenvalue weighted by atomic mass is 35.5. The van der Waals surface area contributed by atoms with Gasteiger partial charge >= 0.3 is 0 Å². The van der Waals surface area contributed by atoms with Crippen molar-refractivity contribution in [1.29, 1.82) is 0 Å². The number of hydrogen-bond acceptors (Lipinski definition) is 3. The number of halogens is 1. The SMILES string of the molecule is CC(O)CCNC(=O)c1ccc(O)c(Cl)c1. The molecule has 0 aliphatic heterocycles. The summed E-state index contributed by atoms with van der Waals surface area (Å²) >= 11 is 5.67. The van der Waals surface area contributed by atoms with Gasteiger partial charge in [-0.15, -0.1) is 0 Å². The smallest absolute Gasteiger partial charge is 0.251 e. The zero-order chi connectivity index (χ0) is 12.1. The van der Waals surface area contributed by atoms with Gasteiger partial charge in [-0.1, -0.05) is 11.6 Å². The van der Waals surface area contributed by atoms with Crippen LogP contribution in [-0.4, -0.2) is 28.8 Å². The van der Waals surface area contributed by atoms with E-state index in [-0.39, 0.29) is 16.7 Å². The average Bonchev–Trinajstić information content (AvgIpc) is 2.21. The Morgan fingerprint density at radius 2 is 2.25 bits per heavy atom. The molecule has 0 aliphatic rings. The van der Waals surface area contributed by atoms with Crippen molar-refractivity contribution in [3.8, 4) is 5.75 Å². The number of nitrogens with one attached hydrogen (secondary N) is 1. The van der Waals surface area contributed by atoms with Gasteiger partial charge in [0, 0.05) is 12.1 Å². The Hall–Kier alpha value is -1.26. The highest BCUT2D eigenvalue weighted by Crippen LogP contribution is 2.23. The number of phenols is 1. The standard InChI is InChI=1S/C11H14ClNO3/c1-7(14)4-5-13-11(16)8-2-3-10(15)9(12)6-8/h2-3,6-7,14-15H,4-5H2,1H3,(H,13,16). The number of hydrogen-bond donors (Lipinski definition) is 3. The van der Waals surface area contributed by atoms with Gasteiger partial charge in [0.1, 0.15) is 5.75 Å². The molecule has 0 saturated heterocycles. The minimum absolute atomic E-state index is 0.0535. The molecule has 1 aromatic rings. The molecule has 0 fully saturated rings. The molecule has 5 heteroatoms. The molecule has 1 atom stereocenters. The molecule has 0 heterocycles. The van der Waals surface area contributed by atoms with Crippen LogP contribution < -0.4 is 5.32 Å². The number of carbonyl (C=O) groups excluding carboxylic acids is 1. The number of aliphatic hydroxyl groups excluding tert-OH is 1. The van der Waals surface area contributed by atoms with Gasteiger partial charge in [0.25, 0.3) is 5.91 Å². The number of carbonyl (C=O) groups is 1. The Labute approximate surface area is 98.9 Å². The van der Waals surface area contributed by atoms with Crippen LogP contribution in [0.1, 0.15) is 23.7 Å². The summed E-state index contributed by atoms with van der Waals surface area (Å²) in [5.41, 5.74) is 0.383. The van der Waals surface area contributed by atoms with Crippen molar-refractivity contribution in [2.45, 2.75) is 19.4 Å². The maximum absolute atomic E-state index is 11.6. The van der Waals surface area contributed by atoms with Gasteiger partial charge < -0.3 is 15.5 Å². The van der Waals surface area contributed by atoms with Gasteiger partial charge in [0.2, 0.25) is 0 Å². The number of benzene rings is 1. The van der Waals surface area contributed by atoms with Gasteiger partial charge in [-0.05, 0) is 31.5 Å². The van der Waals surface area contributed by atoms with Crippen molar-refractivity contribution in [2.24, 2.45) is 0 Å². The number of aromatic hydroxyl groups is 1. The van der Waals surface area contributed by atoms with E-state index in [2.05, 4.69) is 5.32 Å². The highest BCUT2D eigenvalue weighted by Gasteiger charge is 2.07. The van der Waals surface area contributed by atoms with Gasteiger partial charge in [-0.25, -0.2) is 0 Å². The molecule has 1 aromatic carbocycles. The van der Waals surface area contributed by atoms with Crippen molar-refractivity contribution in [1.82, 2.24) is 5.32 Å². The zero-order valence-electron chi connectivity index (χ0n) is 8.90. The fourth-order valence-electron chi connectivity index (χ4n) is 1.14. The second-order valence-electron chi connectivity index (χ2n) is 3.56. The van der Waals surface area contributed by atoms with E-state index in [1.165, 1.54) is 18.2 Å². The van der Waals surface area contributed by atoms with Crippen molar-refractivity contribution in [3.63, 3.8) is 0 Å². The highest BCUT2D eigenvalue weighted by molar-refractivity contribution is 6.32. The fourth-order valence-corrected chi connectivity index (χ4v) is 1.33. The Balaban J connectivity index is 2.56. The Morgan fingerprint density at radius 3 is 2.81 bits per heavy atom. The van der Waals surface area contributed by atoms with Crippen molar-refractivity contribution < 1.29 is 15.0 Å². The van der Waals surface area contributed by atoms with Crippen LogP contribution in [0.3, 0.4) is 0 Å². The Morgan fingerprint density at radius 1 is 1.56 bits per heavy atom. The van der Waals surface area contributed by atoms with E-state index in [9.17, 15) is 9.90 Å². The summed E-state index contributed by atoms with van der Waals surface area (Å²) in [6, 6.07) is 4.25. The molecule has 3 N–H and O–H groups in total. The summed E-state index contributed by atoms with van der Waals surface area (Å²) in [5.74, 6) is -0.329. The third-order valence-corrected chi connectivity index (χ3v) is 2.36. The average molecular weight is 244 g/mol. The molecule has 1 amide bonds. The first kappa shape index (κ1) is 12.8. The summed E-state index contributed by atoms with van der Waals surface area (Å²) < 4.78 is 0. The molecule has 88 valence electrons. The summed E-state index contributed by atoms with van der Waals surface area (Å²) in [7, 11) is 0. The summed E-state index contributed by atoms with van der Waals surface area (Å²) in [5, 5.41) is 21.0. The normalized spacial score (nSPS) is 12.2. The van der Waals surface area contributed by atoms with E-state index in [4.69, 9.17) is 16.7 Å². The summed E-state index contributed by atoms with van der Waals surface area (Å²) in [6.07, 6.45) is 0.0566. The van der Waals surface area contributed by atoms with Crippen molar-refractivity contribution in [3.05, 3.63) is 28.8 Å². The Bertz CT molecular complexity index is 379. The quantitative estimate of drug-likeness (QED) is 0.752. The first-order chi connectivity index (χ1) is 7.50. The maximum Gasteiger partial charge on any atom is 0.251 e. The number of aliphatic hydroxyl groups is 1. The zero-order valence-corrected chi connectivity index (χ0v) is 9.66. The lowest BCUT2D eigenvalue weighted by Gasteiger charge is -2.07. The maximum atomic E-state index is 11.6. The van der Waals surface area contributed by atoms with Gasteiger partial charge in [-0.3, -0.25) is 4.79 Å². The lowest BCUT2D eigenvalue weighted by atomic mass is 10.2. The minimum atomic E-state index is -0.441. The van der Waals surface area contributed by atoms with Gasteiger partial charge in [0.15, 0.2) is 0 Å². The minimum Gasteiger partial charge on any atom is -0.506 e. The molecule has 4 nitrogen and oxygen atoms in total. The third kappa shape index (κ3) is 3.72. The molecule has 16 heavy (non-hydrogen) atoms. The summed E-state index contributed by atoms with van der Waals surface area (Å²) in [4.78, 5) is 11.6. The van der Waals surface area contributed by atoms with Crippen LogP contribution >= 0.6 is 11.6 Å². The molecule has 0 bridgehead atoms. The monoisotopic (exact) mass is 243 g/mol. The third-order valence-electron chi connectivity index (χ3n) is 2.06. The molecular weight excluding hydrogens is 230 g/mol. The molecule has 0 saturated carbocycles. The van der Waals surface area contributed by atoms with Crippen molar-refractivity contribution >= 4 is 17.5 Å². The van der Waals surface area contributed by atoms with E-state index in [0.29, 0.717) is 18.5 Å². The van der Waals surface area contributed by atoms with Crippen LogP contribution in [-0.2, 0) is 0 Å². The molecule has 0 spiro atoms. The first-order valence-electron chi connectivity index (χ1n) is 4.95. The van der Waals surface area contributed by atoms with E-state index in [1.807, 2.05) is 0 Å². The number of rotatable bonds is 4. The molecule has 0 radical (unpaired) electrons. The summed E-state index contributed by atoms with van der Waals surface area (Å²) in [6.45, 7) is 2.05. The molecule has 1 rings (SSSR count). The molecule has 0 aliphatic carbocycles. The number of phenolic OH excluding ortho intramolecular Hbond substituents is 1. The van der Waals surface area contributed by atoms with E-state index in [1.54, 1.807) is 6.92 Å². The van der Waals surface area contributed by atoms with E-state index < -0.39 is 6.10 Å². The van der Waals surface area contributed by atoms with Crippen LogP contribution in [0.2, 0.25) is 5.02 Å². The fraction of sp³-hybridized carbons (Fsp3) is 0.364. The predicted octanol–water partition coefficient (Wildman–Crippen LogP) is 1.55. The molecule has 1 unspecified atom stereocenters. The van der Waals surface area contributed by atoms with E-state index >= 15 is 0 Å². The topological polar surface area (TPSA) is 69.6 Å². The number of amides is 1. The van der Waals surface area contributed by atoms with Gasteiger partial charge in [0.05, 0.1) is 11.1 Å².